The molecule has 184 valence electrons. The van der Waals surface area contributed by atoms with Gasteiger partial charge in [0.05, 0.1) is 5.60 Å². The van der Waals surface area contributed by atoms with Gasteiger partial charge in [-0.2, -0.15) is 0 Å². The van der Waals surface area contributed by atoms with Crippen LogP contribution in [-0.2, 0) is 18.3 Å². The van der Waals surface area contributed by atoms with Crippen molar-refractivity contribution in [3.63, 3.8) is 0 Å². The Bertz CT molecular complexity index is 1160. The van der Waals surface area contributed by atoms with Crippen LogP contribution in [0.25, 0.3) is 0 Å². The summed E-state index contributed by atoms with van der Waals surface area (Å²) in [5.74, 6) is 0.234. The Kier molecular flexibility index (Phi) is 6.38. The number of phenolic OH excluding ortho intramolecular Hbond substituents is 1. The summed E-state index contributed by atoms with van der Waals surface area (Å²) in [5.41, 5.74) is 1.34. The molecule has 2 unspecified atom stereocenters. The first-order valence-electron chi connectivity index (χ1n) is 12.2. The number of likely N-dealkylation sites (tertiary alicyclic amines) is 1. The summed E-state index contributed by atoms with van der Waals surface area (Å²) in [5, 5.41) is 25.5. The average molecular weight is 468 g/mol. The van der Waals surface area contributed by atoms with Crippen LogP contribution in [0.5, 0.6) is 5.75 Å². The molecule has 2 aromatic rings. The molecular weight excluding hydrogens is 430 g/mol. The summed E-state index contributed by atoms with van der Waals surface area (Å²) in [7, 11) is 2.01. The van der Waals surface area contributed by atoms with Crippen LogP contribution in [0.1, 0.15) is 66.4 Å². The Balaban J connectivity index is 1.80. The molecule has 2 aliphatic rings. The van der Waals surface area contributed by atoms with E-state index in [2.05, 4.69) is 29.0 Å². The highest BCUT2D eigenvalue weighted by molar-refractivity contribution is 5.94. The quantitative estimate of drug-likeness (QED) is 0.541. The number of fused-ring (bicyclic) bond motifs is 2. The number of amides is 1. The van der Waals surface area contributed by atoms with E-state index >= 15 is 0 Å². The topological polar surface area (TPSA) is 106 Å². The zero-order valence-electron chi connectivity index (χ0n) is 20.9. The number of phenols is 1. The van der Waals surface area contributed by atoms with Crippen molar-refractivity contribution >= 4 is 5.91 Å². The number of hydrogen-bond acceptors (Lipinski definition) is 5. The van der Waals surface area contributed by atoms with Crippen molar-refractivity contribution in [1.29, 1.82) is 0 Å². The molecule has 1 aliphatic heterocycles. The molecule has 7 nitrogen and oxygen atoms in total. The number of rotatable bonds is 5. The molecular formula is C27H37N3O4. The van der Waals surface area contributed by atoms with Crippen LogP contribution in [0, 0.1) is 12.8 Å². The predicted molar refractivity (Wildman–Crippen MR) is 132 cm³/mol. The number of carbonyl (C=O) groups is 1. The van der Waals surface area contributed by atoms with Gasteiger partial charge in [-0.3, -0.25) is 9.59 Å². The van der Waals surface area contributed by atoms with Crippen molar-refractivity contribution < 1.29 is 15.0 Å². The Morgan fingerprint density at radius 2 is 2.03 bits per heavy atom. The molecule has 1 saturated heterocycles. The van der Waals surface area contributed by atoms with Gasteiger partial charge in [0.1, 0.15) is 11.3 Å². The molecule has 1 aromatic heterocycles. The molecule has 0 saturated carbocycles. The second-order valence-corrected chi connectivity index (χ2v) is 10.7. The number of aromatic hydroxyl groups is 1. The van der Waals surface area contributed by atoms with E-state index in [9.17, 15) is 19.8 Å². The first-order valence-corrected chi connectivity index (χ1v) is 12.2. The summed E-state index contributed by atoms with van der Waals surface area (Å²) < 4.78 is 0. The lowest BCUT2D eigenvalue weighted by Crippen LogP contribution is -2.70. The number of nitrogens with one attached hydrogen (secondary N) is 2. The van der Waals surface area contributed by atoms with Gasteiger partial charge in [-0.1, -0.05) is 19.9 Å². The minimum absolute atomic E-state index is 0.0870. The largest absolute Gasteiger partial charge is 0.508 e. The van der Waals surface area contributed by atoms with Gasteiger partial charge < -0.3 is 25.4 Å². The Morgan fingerprint density at radius 1 is 1.29 bits per heavy atom. The SMILES string of the molecule is Cc1ccc(O)cc1[C@]12CCN(C)C(C)C1(O)Cc1cc(C(=O)NCCC(C)C)c(=O)[nH]c1C2. The van der Waals surface area contributed by atoms with Crippen LogP contribution in [0.3, 0.4) is 0 Å². The third-order valence-corrected chi connectivity index (χ3v) is 8.21. The lowest BCUT2D eigenvalue weighted by molar-refractivity contribution is -0.132. The fraction of sp³-hybridized carbons (Fsp3) is 0.556. The standard InChI is InChI=1S/C27H37N3O4/c1-16(2)8-10-28-24(32)21-12-19-14-27(34)18(4)30(5)11-9-26(27,15-23(19)29-25(21)33)22-13-20(31)7-6-17(22)3/h6-7,12-13,16,18,31,34H,8-11,14-15H2,1-5H3,(H,28,32)(H,29,33)/t18?,26-,27?/m1/s1. The number of aromatic nitrogens is 1. The first-order chi connectivity index (χ1) is 16.0. The third-order valence-electron chi connectivity index (χ3n) is 8.21. The minimum Gasteiger partial charge on any atom is -0.508 e. The molecule has 4 rings (SSSR count). The summed E-state index contributed by atoms with van der Waals surface area (Å²) in [6.45, 7) is 9.49. The molecule has 0 bridgehead atoms. The maximum Gasteiger partial charge on any atom is 0.261 e. The van der Waals surface area contributed by atoms with Crippen LogP contribution in [0.4, 0.5) is 0 Å². The van der Waals surface area contributed by atoms with E-state index in [1.165, 1.54) is 0 Å². The maximum atomic E-state index is 12.9. The van der Waals surface area contributed by atoms with Gasteiger partial charge in [-0.25, -0.2) is 0 Å². The highest BCUT2D eigenvalue weighted by Gasteiger charge is 2.60. The highest BCUT2D eigenvalue weighted by atomic mass is 16.3. The maximum absolute atomic E-state index is 12.9. The van der Waals surface area contributed by atoms with Crippen LogP contribution in [0.2, 0.25) is 0 Å². The number of aromatic amines is 1. The van der Waals surface area contributed by atoms with E-state index in [1.807, 2.05) is 27.0 Å². The van der Waals surface area contributed by atoms with Crippen molar-refractivity contribution in [2.75, 3.05) is 20.1 Å². The van der Waals surface area contributed by atoms with Crippen molar-refractivity contribution in [3.8, 4) is 5.75 Å². The molecule has 1 aromatic carbocycles. The number of aryl methyl sites for hydroxylation is 1. The second kappa shape index (κ2) is 8.86. The van der Waals surface area contributed by atoms with Crippen LogP contribution < -0.4 is 10.9 Å². The van der Waals surface area contributed by atoms with E-state index < -0.39 is 16.6 Å². The number of H-pyrrole nitrogens is 1. The van der Waals surface area contributed by atoms with Gasteiger partial charge >= 0.3 is 0 Å². The fourth-order valence-electron chi connectivity index (χ4n) is 5.95. The smallest absolute Gasteiger partial charge is 0.261 e. The molecule has 3 atom stereocenters. The van der Waals surface area contributed by atoms with Gasteiger partial charge in [-0.15, -0.1) is 0 Å². The van der Waals surface area contributed by atoms with Crippen LogP contribution >= 0.6 is 0 Å². The van der Waals surface area contributed by atoms with Crippen LogP contribution in [-0.4, -0.2) is 57.8 Å². The number of nitrogens with zero attached hydrogens (tertiary/aromatic N) is 1. The van der Waals surface area contributed by atoms with E-state index in [-0.39, 0.29) is 23.3 Å². The zero-order chi connectivity index (χ0) is 24.8. The summed E-state index contributed by atoms with van der Waals surface area (Å²) in [6.07, 6.45) is 2.27. The van der Waals surface area contributed by atoms with Crippen molar-refractivity contribution in [1.82, 2.24) is 15.2 Å². The van der Waals surface area contributed by atoms with Crippen molar-refractivity contribution in [2.24, 2.45) is 5.92 Å². The number of pyridine rings is 1. The number of hydrogen-bond donors (Lipinski definition) is 4. The van der Waals surface area contributed by atoms with E-state index in [1.54, 1.807) is 18.2 Å². The molecule has 4 N–H and O–H groups in total. The lowest BCUT2D eigenvalue weighted by Gasteiger charge is -2.59. The summed E-state index contributed by atoms with van der Waals surface area (Å²) in [6, 6.07) is 6.81. The number of piperidine rings is 1. The number of benzene rings is 1. The van der Waals surface area contributed by atoms with Gasteiger partial charge in [0.25, 0.3) is 11.5 Å². The predicted octanol–water partition coefficient (Wildman–Crippen LogP) is 2.66. The minimum atomic E-state index is -1.14. The van der Waals surface area contributed by atoms with Gasteiger partial charge in [-0.05, 0) is 81.1 Å². The molecule has 1 amide bonds. The molecule has 1 aliphatic carbocycles. The van der Waals surface area contributed by atoms with Crippen LogP contribution in [0.15, 0.2) is 29.1 Å². The van der Waals surface area contributed by atoms with E-state index in [0.717, 1.165) is 35.3 Å². The monoisotopic (exact) mass is 467 g/mol. The molecule has 0 radical (unpaired) electrons. The Morgan fingerprint density at radius 3 is 2.74 bits per heavy atom. The second-order valence-electron chi connectivity index (χ2n) is 10.7. The Labute approximate surface area is 201 Å². The molecule has 1 fully saturated rings. The third kappa shape index (κ3) is 3.95. The summed E-state index contributed by atoms with van der Waals surface area (Å²) in [4.78, 5) is 30.8. The molecule has 34 heavy (non-hydrogen) atoms. The van der Waals surface area contributed by atoms with Gasteiger partial charge in [0, 0.05) is 36.5 Å². The lowest BCUT2D eigenvalue weighted by atomic mass is 9.53. The van der Waals surface area contributed by atoms with Crippen molar-refractivity contribution in [2.45, 2.75) is 70.4 Å². The number of carbonyl (C=O) groups excluding carboxylic acids is 1. The van der Waals surface area contributed by atoms with E-state index in [4.69, 9.17) is 0 Å². The normalized spacial score (nSPS) is 26.7. The van der Waals surface area contributed by atoms with E-state index in [0.29, 0.717) is 31.7 Å². The molecule has 0 spiro atoms. The molecule has 7 heteroatoms. The fourth-order valence-corrected chi connectivity index (χ4v) is 5.95. The number of likely N-dealkylation sites (N-methyl/N-ethyl adjacent to an activating group) is 1. The highest BCUT2D eigenvalue weighted by Crippen LogP contribution is 2.53. The summed E-state index contributed by atoms with van der Waals surface area (Å²) >= 11 is 0. The van der Waals surface area contributed by atoms with Crippen molar-refractivity contribution in [3.05, 3.63) is 62.6 Å². The average Bonchev–Trinajstić information content (AvgIpc) is 2.77. The molecule has 2 heterocycles. The first kappa shape index (κ1) is 24.5. The zero-order valence-corrected chi connectivity index (χ0v) is 20.9. The van der Waals surface area contributed by atoms with Gasteiger partial charge in [0.2, 0.25) is 0 Å². The van der Waals surface area contributed by atoms with Gasteiger partial charge in [0.15, 0.2) is 0 Å². The Hall–Kier alpha value is -2.64. The number of aliphatic hydroxyl groups is 1.